The highest BCUT2D eigenvalue weighted by atomic mass is 16.7. The molecule has 0 saturated carbocycles. The van der Waals surface area contributed by atoms with Crippen LogP contribution in [0.1, 0.15) is 36.7 Å². The van der Waals surface area contributed by atoms with E-state index < -0.39 is 5.79 Å². The molecule has 1 saturated heterocycles. The summed E-state index contributed by atoms with van der Waals surface area (Å²) >= 11 is 0. The Kier molecular flexibility index (Phi) is 3.04. The Balaban J connectivity index is 2.46. The first kappa shape index (κ1) is 11.6. The van der Waals surface area contributed by atoms with Gasteiger partial charge in [0, 0.05) is 19.2 Å². The van der Waals surface area contributed by atoms with Crippen LogP contribution in [0.3, 0.4) is 0 Å². The van der Waals surface area contributed by atoms with Gasteiger partial charge in [0.05, 0.1) is 24.5 Å². The predicted octanol–water partition coefficient (Wildman–Crippen LogP) is 2.04. The molecule has 1 aromatic heterocycles. The zero-order valence-corrected chi connectivity index (χ0v) is 10.5. The van der Waals surface area contributed by atoms with Crippen molar-refractivity contribution in [2.24, 2.45) is 7.05 Å². The van der Waals surface area contributed by atoms with E-state index in [2.05, 4.69) is 18.9 Å². The van der Waals surface area contributed by atoms with Crippen molar-refractivity contribution in [2.75, 3.05) is 13.2 Å². The van der Waals surface area contributed by atoms with Gasteiger partial charge < -0.3 is 9.47 Å². The van der Waals surface area contributed by atoms with Crippen LogP contribution in [0.5, 0.6) is 0 Å². The third kappa shape index (κ3) is 1.66. The topological polar surface area (TPSA) is 36.3 Å². The van der Waals surface area contributed by atoms with Gasteiger partial charge >= 0.3 is 0 Å². The molecule has 2 rings (SSSR count). The summed E-state index contributed by atoms with van der Waals surface area (Å²) in [6, 6.07) is 0. The Morgan fingerprint density at radius 2 is 1.94 bits per heavy atom. The highest BCUT2D eigenvalue weighted by Gasteiger charge is 2.41. The lowest BCUT2D eigenvalue weighted by atomic mass is 9.99. The van der Waals surface area contributed by atoms with Crippen molar-refractivity contribution in [1.82, 2.24) is 9.78 Å². The first-order valence-corrected chi connectivity index (χ1v) is 5.89. The van der Waals surface area contributed by atoms with Crippen molar-refractivity contribution in [1.29, 1.82) is 0 Å². The van der Waals surface area contributed by atoms with E-state index in [9.17, 15) is 0 Å². The minimum Gasteiger partial charge on any atom is -0.343 e. The molecule has 0 aromatic carbocycles. The Bertz CT molecular complexity index is 379. The van der Waals surface area contributed by atoms with E-state index in [0.29, 0.717) is 13.2 Å². The van der Waals surface area contributed by atoms with Crippen LogP contribution in [0, 0.1) is 13.8 Å². The molecular weight excluding hydrogens is 204 g/mol. The summed E-state index contributed by atoms with van der Waals surface area (Å²) in [6.45, 7) is 7.58. The smallest absolute Gasteiger partial charge is 0.198 e. The summed E-state index contributed by atoms with van der Waals surface area (Å²) in [5, 5.41) is 4.44. The molecule has 0 amide bonds. The van der Waals surface area contributed by atoms with Crippen LogP contribution in [-0.2, 0) is 22.3 Å². The molecule has 1 aliphatic heterocycles. The van der Waals surface area contributed by atoms with Crippen LogP contribution in [0.15, 0.2) is 0 Å². The average molecular weight is 224 g/mol. The Hall–Kier alpha value is -0.870. The van der Waals surface area contributed by atoms with Gasteiger partial charge in [0.15, 0.2) is 5.79 Å². The largest absolute Gasteiger partial charge is 0.343 e. The number of hydrogen-bond donors (Lipinski definition) is 0. The molecule has 0 spiro atoms. The van der Waals surface area contributed by atoms with Crippen molar-refractivity contribution in [3.8, 4) is 0 Å². The summed E-state index contributed by atoms with van der Waals surface area (Å²) in [5.74, 6) is -0.544. The lowest BCUT2D eigenvalue weighted by Gasteiger charge is -2.27. The normalized spacial score (nSPS) is 19.2. The van der Waals surface area contributed by atoms with Crippen molar-refractivity contribution >= 4 is 0 Å². The summed E-state index contributed by atoms with van der Waals surface area (Å²) in [7, 11) is 1.96. The number of hydrogen-bond acceptors (Lipinski definition) is 3. The fourth-order valence-corrected chi connectivity index (χ4v) is 2.52. The summed E-state index contributed by atoms with van der Waals surface area (Å²) < 4.78 is 13.6. The minimum absolute atomic E-state index is 0.544. The van der Waals surface area contributed by atoms with E-state index in [-0.39, 0.29) is 0 Å². The standard InChI is InChI=1S/C12H20N2O2/c1-5-6-12(15-7-8-16-12)11-9(2)13-14(4)10(11)3/h5-8H2,1-4H3. The summed E-state index contributed by atoms with van der Waals surface area (Å²) in [5.41, 5.74) is 3.26. The van der Waals surface area contributed by atoms with Gasteiger partial charge in [-0.15, -0.1) is 0 Å². The van der Waals surface area contributed by atoms with E-state index >= 15 is 0 Å². The molecular formula is C12H20N2O2. The number of aromatic nitrogens is 2. The molecule has 0 unspecified atom stereocenters. The molecule has 1 aliphatic rings. The van der Waals surface area contributed by atoms with Crippen LogP contribution < -0.4 is 0 Å². The molecule has 1 aromatic rings. The maximum absolute atomic E-state index is 5.87. The number of aryl methyl sites for hydroxylation is 2. The Labute approximate surface area is 96.5 Å². The second-order valence-electron chi connectivity index (χ2n) is 4.37. The zero-order valence-electron chi connectivity index (χ0n) is 10.5. The molecule has 0 bridgehead atoms. The monoisotopic (exact) mass is 224 g/mol. The van der Waals surface area contributed by atoms with Crippen molar-refractivity contribution in [3.05, 3.63) is 17.0 Å². The van der Waals surface area contributed by atoms with Crippen LogP contribution >= 0.6 is 0 Å². The van der Waals surface area contributed by atoms with Crippen molar-refractivity contribution in [3.63, 3.8) is 0 Å². The van der Waals surface area contributed by atoms with Gasteiger partial charge in [-0.3, -0.25) is 4.68 Å². The van der Waals surface area contributed by atoms with Crippen LogP contribution in [0.4, 0.5) is 0 Å². The molecule has 0 radical (unpaired) electrons. The summed E-state index contributed by atoms with van der Waals surface area (Å²) in [4.78, 5) is 0. The maximum atomic E-state index is 5.87. The highest BCUT2D eigenvalue weighted by Crippen LogP contribution is 2.39. The van der Waals surface area contributed by atoms with Crippen molar-refractivity contribution < 1.29 is 9.47 Å². The SMILES string of the molecule is CCCC1(c2c(C)nn(C)c2C)OCCO1. The highest BCUT2D eigenvalue weighted by molar-refractivity contribution is 5.30. The van der Waals surface area contributed by atoms with Gasteiger partial charge in [-0.1, -0.05) is 13.3 Å². The van der Waals surface area contributed by atoms with E-state index in [0.717, 1.165) is 29.8 Å². The van der Waals surface area contributed by atoms with Crippen LogP contribution in [0.25, 0.3) is 0 Å². The molecule has 90 valence electrons. The molecule has 0 atom stereocenters. The predicted molar refractivity (Wildman–Crippen MR) is 61.2 cm³/mol. The lowest BCUT2D eigenvalue weighted by molar-refractivity contribution is -0.171. The molecule has 4 nitrogen and oxygen atoms in total. The maximum Gasteiger partial charge on any atom is 0.198 e. The van der Waals surface area contributed by atoms with Crippen LogP contribution in [-0.4, -0.2) is 23.0 Å². The van der Waals surface area contributed by atoms with Gasteiger partial charge in [-0.2, -0.15) is 5.10 Å². The number of rotatable bonds is 3. The second kappa shape index (κ2) is 4.18. The molecule has 1 fully saturated rings. The van der Waals surface area contributed by atoms with E-state index in [4.69, 9.17) is 9.47 Å². The van der Waals surface area contributed by atoms with Gasteiger partial charge in [0.2, 0.25) is 0 Å². The second-order valence-corrected chi connectivity index (χ2v) is 4.37. The van der Waals surface area contributed by atoms with E-state index in [1.807, 2.05) is 18.7 Å². The van der Waals surface area contributed by atoms with Gasteiger partial charge in [0.25, 0.3) is 0 Å². The fourth-order valence-electron chi connectivity index (χ4n) is 2.52. The third-order valence-corrected chi connectivity index (χ3v) is 3.22. The summed E-state index contributed by atoms with van der Waals surface area (Å²) in [6.07, 6.45) is 1.92. The van der Waals surface area contributed by atoms with Gasteiger partial charge in [-0.25, -0.2) is 0 Å². The molecule has 0 N–H and O–H groups in total. The van der Waals surface area contributed by atoms with E-state index in [1.54, 1.807) is 0 Å². The molecule has 2 heterocycles. The van der Waals surface area contributed by atoms with Crippen LogP contribution in [0.2, 0.25) is 0 Å². The van der Waals surface area contributed by atoms with E-state index in [1.165, 1.54) is 0 Å². The zero-order chi connectivity index (χ0) is 11.8. The van der Waals surface area contributed by atoms with Gasteiger partial charge in [0.1, 0.15) is 0 Å². The average Bonchev–Trinajstić information content (AvgIpc) is 2.76. The Morgan fingerprint density at radius 1 is 1.31 bits per heavy atom. The number of nitrogens with zero attached hydrogens (tertiary/aromatic N) is 2. The quantitative estimate of drug-likeness (QED) is 0.788. The molecule has 0 aliphatic carbocycles. The Morgan fingerprint density at radius 3 is 2.38 bits per heavy atom. The first-order chi connectivity index (χ1) is 7.60. The molecule has 4 heteroatoms. The fraction of sp³-hybridized carbons (Fsp3) is 0.750. The minimum atomic E-state index is -0.544. The van der Waals surface area contributed by atoms with Gasteiger partial charge in [-0.05, 0) is 13.8 Å². The number of ether oxygens (including phenoxy) is 2. The first-order valence-electron chi connectivity index (χ1n) is 5.89. The van der Waals surface area contributed by atoms with Crippen molar-refractivity contribution in [2.45, 2.75) is 39.4 Å². The molecule has 16 heavy (non-hydrogen) atoms. The third-order valence-electron chi connectivity index (χ3n) is 3.22. The lowest BCUT2D eigenvalue weighted by Crippen LogP contribution is -2.28.